The monoisotopic (exact) mass is 382 g/mol. The lowest BCUT2D eigenvalue weighted by Crippen LogP contribution is -2.30. The van der Waals surface area contributed by atoms with E-state index in [4.69, 9.17) is 14.0 Å². The molecule has 1 N–H and O–H groups in total. The van der Waals surface area contributed by atoms with Crippen molar-refractivity contribution in [2.75, 3.05) is 7.11 Å². The lowest BCUT2D eigenvalue weighted by Gasteiger charge is -2.09. The smallest absolute Gasteiger partial charge is 0.253 e. The molecule has 8 nitrogen and oxygen atoms in total. The molecule has 0 aliphatic heterocycles. The fraction of sp³-hybridized carbons (Fsp3) is 0.300. The van der Waals surface area contributed by atoms with Crippen LogP contribution in [0.3, 0.4) is 0 Å². The van der Waals surface area contributed by atoms with Gasteiger partial charge in [0.25, 0.3) is 5.91 Å². The molecule has 0 saturated carbocycles. The standard InChI is InChI=1S/C20H22N4O4/c1-12(2)23-20(25)15-6-8-18(22-10-15)27-11-16-13(3)28-24-19(16)14-5-7-17(26-4)21-9-14/h5-10,12H,11H2,1-4H3,(H,23,25). The fourth-order valence-corrected chi connectivity index (χ4v) is 2.52. The summed E-state index contributed by atoms with van der Waals surface area (Å²) in [4.78, 5) is 20.4. The molecule has 0 bridgehead atoms. The predicted molar refractivity (Wildman–Crippen MR) is 102 cm³/mol. The highest BCUT2D eigenvalue weighted by Gasteiger charge is 2.16. The van der Waals surface area contributed by atoms with Crippen molar-refractivity contribution in [2.45, 2.75) is 33.4 Å². The summed E-state index contributed by atoms with van der Waals surface area (Å²) in [6, 6.07) is 7.01. The second kappa shape index (κ2) is 8.51. The van der Waals surface area contributed by atoms with E-state index in [0.717, 1.165) is 11.1 Å². The van der Waals surface area contributed by atoms with Gasteiger partial charge in [-0.25, -0.2) is 9.97 Å². The number of carbonyl (C=O) groups excluding carboxylic acids is 1. The Morgan fingerprint density at radius 3 is 2.50 bits per heavy atom. The Bertz CT molecular complexity index is 934. The highest BCUT2D eigenvalue weighted by atomic mass is 16.5. The summed E-state index contributed by atoms with van der Waals surface area (Å²) in [5.41, 5.74) is 2.73. The molecule has 146 valence electrons. The number of ether oxygens (including phenoxy) is 2. The van der Waals surface area contributed by atoms with Crippen molar-refractivity contribution in [1.29, 1.82) is 0 Å². The van der Waals surface area contributed by atoms with Crippen molar-refractivity contribution in [1.82, 2.24) is 20.4 Å². The molecule has 3 heterocycles. The zero-order valence-electron chi connectivity index (χ0n) is 16.2. The van der Waals surface area contributed by atoms with Crippen LogP contribution < -0.4 is 14.8 Å². The van der Waals surface area contributed by atoms with Gasteiger partial charge in [-0.15, -0.1) is 0 Å². The van der Waals surface area contributed by atoms with Crippen molar-refractivity contribution >= 4 is 5.91 Å². The number of hydrogen-bond donors (Lipinski definition) is 1. The van der Waals surface area contributed by atoms with Crippen LogP contribution in [0, 0.1) is 6.92 Å². The summed E-state index contributed by atoms with van der Waals surface area (Å²) >= 11 is 0. The Labute approximate surface area is 162 Å². The minimum atomic E-state index is -0.168. The first kappa shape index (κ1) is 19.3. The molecule has 0 aliphatic rings. The van der Waals surface area contributed by atoms with Crippen LogP contribution in [0.15, 0.2) is 41.2 Å². The van der Waals surface area contributed by atoms with E-state index in [1.165, 1.54) is 6.20 Å². The number of amides is 1. The summed E-state index contributed by atoms with van der Waals surface area (Å²) in [5, 5.41) is 6.93. The summed E-state index contributed by atoms with van der Waals surface area (Å²) in [6.45, 7) is 5.85. The Morgan fingerprint density at radius 2 is 1.89 bits per heavy atom. The zero-order chi connectivity index (χ0) is 20.1. The molecule has 28 heavy (non-hydrogen) atoms. The van der Waals surface area contributed by atoms with E-state index in [0.29, 0.717) is 28.8 Å². The first-order valence-corrected chi connectivity index (χ1v) is 8.83. The predicted octanol–water partition coefficient (Wildman–Crippen LogP) is 3.17. The third-order valence-corrected chi connectivity index (χ3v) is 3.99. The van der Waals surface area contributed by atoms with E-state index in [1.54, 1.807) is 31.5 Å². The number of aryl methyl sites for hydroxylation is 1. The number of carbonyl (C=O) groups is 1. The van der Waals surface area contributed by atoms with E-state index in [-0.39, 0.29) is 18.6 Å². The summed E-state index contributed by atoms with van der Waals surface area (Å²) in [7, 11) is 1.56. The van der Waals surface area contributed by atoms with Crippen LogP contribution in [-0.2, 0) is 6.61 Å². The molecular formula is C20H22N4O4. The van der Waals surface area contributed by atoms with Crippen molar-refractivity contribution in [3.63, 3.8) is 0 Å². The quantitative estimate of drug-likeness (QED) is 0.670. The van der Waals surface area contributed by atoms with E-state index in [1.807, 2.05) is 26.8 Å². The normalized spacial score (nSPS) is 10.8. The number of aromatic nitrogens is 3. The van der Waals surface area contributed by atoms with Gasteiger partial charge in [-0.1, -0.05) is 5.16 Å². The molecular weight excluding hydrogens is 360 g/mol. The lowest BCUT2D eigenvalue weighted by atomic mass is 10.1. The van der Waals surface area contributed by atoms with E-state index in [2.05, 4.69) is 20.4 Å². The van der Waals surface area contributed by atoms with Gasteiger partial charge in [-0.05, 0) is 32.9 Å². The van der Waals surface area contributed by atoms with Gasteiger partial charge in [0.15, 0.2) is 0 Å². The minimum Gasteiger partial charge on any atom is -0.481 e. The number of nitrogens with zero attached hydrogens (tertiary/aromatic N) is 3. The van der Waals surface area contributed by atoms with Gasteiger partial charge < -0.3 is 19.3 Å². The Morgan fingerprint density at radius 1 is 1.14 bits per heavy atom. The van der Waals surface area contributed by atoms with Crippen molar-refractivity contribution in [3.05, 3.63) is 53.5 Å². The zero-order valence-corrected chi connectivity index (χ0v) is 16.2. The van der Waals surface area contributed by atoms with Crippen molar-refractivity contribution < 1.29 is 18.8 Å². The Kier molecular flexibility index (Phi) is 5.88. The van der Waals surface area contributed by atoms with Gasteiger partial charge in [0.1, 0.15) is 18.1 Å². The highest BCUT2D eigenvalue weighted by molar-refractivity contribution is 5.94. The molecule has 0 aromatic carbocycles. The molecule has 0 radical (unpaired) electrons. The average molecular weight is 382 g/mol. The van der Waals surface area contributed by atoms with Crippen LogP contribution in [0.4, 0.5) is 0 Å². The maximum atomic E-state index is 12.0. The first-order valence-electron chi connectivity index (χ1n) is 8.83. The van der Waals surface area contributed by atoms with Crippen LogP contribution in [0.1, 0.15) is 35.5 Å². The first-order chi connectivity index (χ1) is 13.5. The van der Waals surface area contributed by atoms with Gasteiger partial charge in [-0.2, -0.15) is 0 Å². The van der Waals surface area contributed by atoms with Crippen LogP contribution >= 0.6 is 0 Å². The molecule has 0 unspecified atom stereocenters. The topological polar surface area (TPSA) is 99.4 Å². The van der Waals surface area contributed by atoms with Crippen molar-refractivity contribution in [3.8, 4) is 23.0 Å². The average Bonchev–Trinajstić information content (AvgIpc) is 3.06. The van der Waals surface area contributed by atoms with Crippen LogP contribution in [0.5, 0.6) is 11.8 Å². The summed E-state index contributed by atoms with van der Waals surface area (Å²) in [5.74, 6) is 1.41. The minimum absolute atomic E-state index is 0.0610. The van der Waals surface area contributed by atoms with Gasteiger partial charge >= 0.3 is 0 Å². The number of pyridine rings is 2. The Balaban J connectivity index is 1.71. The fourth-order valence-electron chi connectivity index (χ4n) is 2.52. The summed E-state index contributed by atoms with van der Waals surface area (Å²) in [6.07, 6.45) is 3.15. The third kappa shape index (κ3) is 4.46. The van der Waals surface area contributed by atoms with Gasteiger partial charge in [0, 0.05) is 36.1 Å². The molecule has 3 aromatic heterocycles. The van der Waals surface area contributed by atoms with Gasteiger partial charge in [-0.3, -0.25) is 4.79 Å². The third-order valence-electron chi connectivity index (χ3n) is 3.99. The van der Waals surface area contributed by atoms with Crippen LogP contribution in [-0.4, -0.2) is 34.2 Å². The number of hydrogen-bond acceptors (Lipinski definition) is 7. The molecule has 1 amide bonds. The number of nitrogens with one attached hydrogen (secondary N) is 1. The van der Waals surface area contributed by atoms with E-state index >= 15 is 0 Å². The molecule has 3 aromatic rings. The number of rotatable bonds is 7. The Hall–Kier alpha value is -3.42. The van der Waals surface area contributed by atoms with Crippen LogP contribution in [0.25, 0.3) is 11.3 Å². The van der Waals surface area contributed by atoms with E-state index in [9.17, 15) is 4.79 Å². The SMILES string of the molecule is COc1ccc(-c2noc(C)c2COc2ccc(C(=O)NC(C)C)cn2)cn1. The molecule has 0 spiro atoms. The largest absolute Gasteiger partial charge is 0.481 e. The molecule has 0 fully saturated rings. The second-order valence-electron chi connectivity index (χ2n) is 6.46. The van der Waals surface area contributed by atoms with Crippen LogP contribution in [0.2, 0.25) is 0 Å². The molecule has 0 atom stereocenters. The molecule has 0 aliphatic carbocycles. The van der Waals surface area contributed by atoms with E-state index < -0.39 is 0 Å². The maximum Gasteiger partial charge on any atom is 0.253 e. The molecule has 0 saturated heterocycles. The van der Waals surface area contributed by atoms with Gasteiger partial charge in [0.05, 0.1) is 18.2 Å². The highest BCUT2D eigenvalue weighted by Crippen LogP contribution is 2.26. The van der Waals surface area contributed by atoms with Crippen molar-refractivity contribution in [2.24, 2.45) is 0 Å². The second-order valence-corrected chi connectivity index (χ2v) is 6.46. The molecule has 8 heteroatoms. The maximum absolute atomic E-state index is 12.0. The molecule has 3 rings (SSSR count). The number of methoxy groups -OCH3 is 1. The summed E-state index contributed by atoms with van der Waals surface area (Å²) < 4.78 is 16.2. The van der Waals surface area contributed by atoms with Gasteiger partial charge in [0.2, 0.25) is 11.8 Å². The lowest BCUT2D eigenvalue weighted by molar-refractivity contribution is 0.0942.